The topological polar surface area (TPSA) is 26.3 Å². The van der Waals surface area contributed by atoms with Crippen molar-refractivity contribution in [2.45, 2.75) is 6.92 Å². The standard InChI is InChI=1S/C27H20Br2O2/c1-17-11-13-25(28)23(15-17)19-7-3-5-9-21(19)27(30)22-10-6-4-8-20(22)24-16-18(31-2)12-14-26(24)29/h3-16H,1-2H3. The van der Waals surface area contributed by atoms with Crippen LogP contribution in [0, 0.1) is 6.92 Å². The molecule has 4 aromatic rings. The number of aryl methyl sites for hydroxylation is 1. The number of hydrogen-bond acceptors (Lipinski definition) is 2. The summed E-state index contributed by atoms with van der Waals surface area (Å²) in [6, 6.07) is 27.4. The molecule has 0 atom stereocenters. The van der Waals surface area contributed by atoms with E-state index in [1.807, 2.05) is 78.9 Å². The molecule has 0 aliphatic carbocycles. The summed E-state index contributed by atoms with van der Waals surface area (Å²) in [5, 5.41) is 0. The zero-order valence-electron chi connectivity index (χ0n) is 17.2. The van der Waals surface area contributed by atoms with Crippen molar-refractivity contribution < 1.29 is 9.53 Å². The van der Waals surface area contributed by atoms with Gasteiger partial charge in [-0.2, -0.15) is 0 Å². The van der Waals surface area contributed by atoms with E-state index < -0.39 is 0 Å². The van der Waals surface area contributed by atoms with Crippen molar-refractivity contribution in [2.75, 3.05) is 7.11 Å². The van der Waals surface area contributed by atoms with Gasteiger partial charge in [-0.3, -0.25) is 4.79 Å². The van der Waals surface area contributed by atoms with Gasteiger partial charge in [-0.25, -0.2) is 0 Å². The quantitative estimate of drug-likeness (QED) is 0.241. The minimum Gasteiger partial charge on any atom is -0.497 e. The molecule has 31 heavy (non-hydrogen) atoms. The molecule has 4 heteroatoms. The maximum absolute atomic E-state index is 13.8. The molecule has 0 bridgehead atoms. The highest BCUT2D eigenvalue weighted by atomic mass is 79.9. The molecule has 2 nitrogen and oxygen atoms in total. The second-order valence-corrected chi connectivity index (χ2v) is 8.96. The van der Waals surface area contributed by atoms with Crippen LogP contribution in [0.3, 0.4) is 0 Å². The van der Waals surface area contributed by atoms with Gasteiger partial charge in [0.2, 0.25) is 0 Å². The van der Waals surface area contributed by atoms with Gasteiger partial charge in [0.1, 0.15) is 5.75 Å². The molecular formula is C27H20Br2O2. The van der Waals surface area contributed by atoms with Crippen LogP contribution in [-0.4, -0.2) is 12.9 Å². The first-order valence-electron chi connectivity index (χ1n) is 9.83. The first-order valence-corrected chi connectivity index (χ1v) is 11.4. The fourth-order valence-corrected chi connectivity index (χ4v) is 4.58. The maximum atomic E-state index is 13.8. The molecule has 0 heterocycles. The van der Waals surface area contributed by atoms with Crippen molar-refractivity contribution in [1.29, 1.82) is 0 Å². The number of benzene rings is 4. The van der Waals surface area contributed by atoms with E-state index in [4.69, 9.17) is 4.74 Å². The molecule has 0 spiro atoms. The maximum Gasteiger partial charge on any atom is 0.194 e. The lowest BCUT2D eigenvalue weighted by Gasteiger charge is -2.15. The van der Waals surface area contributed by atoms with E-state index in [2.05, 4.69) is 44.8 Å². The van der Waals surface area contributed by atoms with E-state index in [-0.39, 0.29) is 5.78 Å². The lowest BCUT2D eigenvalue weighted by atomic mass is 9.89. The second-order valence-electron chi connectivity index (χ2n) is 7.25. The summed E-state index contributed by atoms with van der Waals surface area (Å²) in [5.74, 6) is 0.721. The Morgan fingerprint density at radius 2 is 1.19 bits per heavy atom. The summed E-state index contributed by atoms with van der Waals surface area (Å²) < 4.78 is 7.27. The van der Waals surface area contributed by atoms with E-state index in [1.165, 1.54) is 0 Å². The van der Waals surface area contributed by atoms with Crippen molar-refractivity contribution in [2.24, 2.45) is 0 Å². The van der Waals surface area contributed by atoms with Gasteiger partial charge < -0.3 is 4.74 Å². The SMILES string of the molecule is COc1ccc(Br)c(-c2ccccc2C(=O)c2ccccc2-c2cc(C)ccc2Br)c1. The molecule has 0 aromatic heterocycles. The summed E-state index contributed by atoms with van der Waals surface area (Å²) in [5.41, 5.74) is 6.13. The minimum absolute atomic E-state index is 0.0191. The van der Waals surface area contributed by atoms with Gasteiger partial charge in [0, 0.05) is 25.6 Å². The monoisotopic (exact) mass is 534 g/mol. The van der Waals surface area contributed by atoms with Crippen LogP contribution in [0.15, 0.2) is 93.9 Å². The van der Waals surface area contributed by atoms with Crippen molar-refractivity contribution in [1.82, 2.24) is 0 Å². The zero-order chi connectivity index (χ0) is 22.0. The highest BCUT2D eigenvalue weighted by Gasteiger charge is 2.20. The average molecular weight is 536 g/mol. The van der Waals surface area contributed by atoms with Crippen LogP contribution < -0.4 is 4.74 Å². The minimum atomic E-state index is -0.0191. The number of carbonyl (C=O) groups is 1. The van der Waals surface area contributed by atoms with Gasteiger partial charge in [-0.1, -0.05) is 98.1 Å². The molecule has 0 saturated heterocycles. The van der Waals surface area contributed by atoms with Crippen LogP contribution in [0.4, 0.5) is 0 Å². The van der Waals surface area contributed by atoms with E-state index >= 15 is 0 Å². The van der Waals surface area contributed by atoms with Gasteiger partial charge >= 0.3 is 0 Å². The summed E-state index contributed by atoms with van der Waals surface area (Å²) in [6.07, 6.45) is 0. The van der Waals surface area contributed by atoms with Gasteiger partial charge in [-0.15, -0.1) is 0 Å². The number of carbonyl (C=O) groups excluding carboxylic acids is 1. The highest BCUT2D eigenvalue weighted by molar-refractivity contribution is 9.11. The van der Waals surface area contributed by atoms with Crippen molar-refractivity contribution in [3.8, 4) is 28.0 Å². The molecule has 4 rings (SSSR count). The lowest BCUT2D eigenvalue weighted by Crippen LogP contribution is -2.06. The van der Waals surface area contributed by atoms with Crippen LogP contribution in [0.1, 0.15) is 21.5 Å². The summed E-state index contributed by atoms with van der Waals surface area (Å²) in [4.78, 5) is 13.8. The zero-order valence-corrected chi connectivity index (χ0v) is 20.3. The second kappa shape index (κ2) is 9.21. The predicted molar refractivity (Wildman–Crippen MR) is 134 cm³/mol. The Balaban J connectivity index is 1.88. The average Bonchev–Trinajstić information content (AvgIpc) is 2.80. The Morgan fingerprint density at radius 1 is 0.677 bits per heavy atom. The number of ketones is 1. The van der Waals surface area contributed by atoms with Gasteiger partial charge in [0.05, 0.1) is 7.11 Å². The molecular weight excluding hydrogens is 516 g/mol. The molecule has 0 aliphatic rings. The van der Waals surface area contributed by atoms with Crippen molar-refractivity contribution >= 4 is 37.6 Å². The molecule has 0 aliphatic heterocycles. The van der Waals surface area contributed by atoms with E-state index in [1.54, 1.807) is 7.11 Å². The molecule has 0 unspecified atom stereocenters. The smallest absolute Gasteiger partial charge is 0.194 e. The molecule has 154 valence electrons. The van der Waals surface area contributed by atoms with Gasteiger partial charge in [0.15, 0.2) is 5.78 Å². The highest BCUT2D eigenvalue weighted by Crippen LogP contribution is 2.37. The fraction of sp³-hybridized carbons (Fsp3) is 0.0741. The van der Waals surface area contributed by atoms with Crippen LogP contribution in [-0.2, 0) is 0 Å². The molecule has 0 N–H and O–H groups in total. The summed E-state index contributed by atoms with van der Waals surface area (Å²) in [6.45, 7) is 2.05. The predicted octanol–water partition coefficient (Wildman–Crippen LogP) is 8.09. The molecule has 4 aromatic carbocycles. The van der Waals surface area contributed by atoms with Crippen LogP contribution >= 0.6 is 31.9 Å². The number of ether oxygens (including phenoxy) is 1. The Morgan fingerprint density at radius 3 is 1.77 bits per heavy atom. The van der Waals surface area contributed by atoms with E-state index in [0.29, 0.717) is 11.1 Å². The Bertz CT molecular complexity index is 1280. The van der Waals surface area contributed by atoms with E-state index in [9.17, 15) is 4.79 Å². The number of methoxy groups -OCH3 is 1. The number of hydrogen-bond donors (Lipinski definition) is 0. The van der Waals surface area contributed by atoms with Crippen LogP contribution in [0.2, 0.25) is 0 Å². The normalized spacial score (nSPS) is 10.7. The molecule has 0 radical (unpaired) electrons. The third kappa shape index (κ3) is 4.36. The fourth-order valence-electron chi connectivity index (χ4n) is 3.66. The molecule has 0 amide bonds. The first kappa shape index (κ1) is 21.5. The Labute approximate surface area is 199 Å². The van der Waals surface area contributed by atoms with Crippen LogP contribution in [0.25, 0.3) is 22.3 Å². The van der Waals surface area contributed by atoms with Gasteiger partial charge in [-0.05, 0) is 47.9 Å². The molecule has 0 saturated carbocycles. The third-order valence-electron chi connectivity index (χ3n) is 5.22. The number of halogens is 2. The summed E-state index contributed by atoms with van der Waals surface area (Å²) in [7, 11) is 1.64. The van der Waals surface area contributed by atoms with Crippen molar-refractivity contribution in [3.05, 3.63) is 111 Å². The first-order chi connectivity index (χ1) is 15.0. The largest absolute Gasteiger partial charge is 0.497 e. The Kier molecular flexibility index (Phi) is 6.40. The van der Waals surface area contributed by atoms with Crippen molar-refractivity contribution in [3.63, 3.8) is 0 Å². The van der Waals surface area contributed by atoms with Gasteiger partial charge in [0.25, 0.3) is 0 Å². The lowest BCUT2D eigenvalue weighted by molar-refractivity contribution is 0.104. The summed E-state index contributed by atoms with van der Waals surface area (Å²) >= 11 is 7.28. The molecule has 0 fully saturated rings. The number of rotatable bonds is 5. The third-order valence-corrected chi connectivity index (χ3v) is 6.60. The Hall–Kier alpha value is -2.69. The van der Waals surface area contributed by atoms with Crippen LogP contribution in [0.5, 0.6) is 5.75 Å². The van der Waals surface area contributed by atoms with E-state index in [0.717, 1.165) is 42.5 Å².